The highest BCUT2D eigenvalue weighted by atomic mass is 16.5. The molecular weight excluding hydrogens is 314 g/mol. The quantitative estimate of drug-likeness (QED) is 0.692. The zero-order valence-electron chi connectivity index (χ0n) is 13.8. The van der Waals surface area contributed by atoms with Crippen LogP contribution in [0.5, 0.6) is 0 Å². The van der Waals surface area contributed by atoms with Gasteiger partial charge in [-0.05, 0) is 28.3 Å². The number of ether oxygens (including phenoxy) is 1. The van der Waals surface area contributed by atoms with Gasteiger partial charge in [-0.15, -0.1) is 0 Å². The van der Waals surface area contributed by atoms with Gasteiger partial charge >= 0.3 is 5.97 Å². The van der Waals surface area contributed by atoms with Gasteiger partial charge in [0, 0.05) is 0 Å². The lowest BCUT2D eigenvalue weighted by Crippen LogP contribution is -2.38. The number of rotatable bonds is 7. The van der Waals surface area contributed by atoms with Crippen LogP contribution in [0.15, 0.2) is 72.8 Å². The Kier molecular flexibility index (Phi) is 5.43. The van der Waals surface area contributed by atoms with E-state index in [1.54, 1.807) is 0 Å². The van der Waals surface area contributed by atoms with E-state index in [2.05, 4.69) is 30.3 Å². The molecule has 0 amide bonds. The minimum absolute atomic E-state index is 0.402. The molecule has 0 spiro atoms. The van der Waals surface area contributed by atoms with E-state index in [9.17, 15) is 9.90 Å². The summed E-state index contributed by atoms with van der Waals surface area (Å²) in [7, 11) is 0. The molecule has 3 aromatic carbocycles. The van der Waals surface area contributed by atoms with E-state index in [1.165, 1.54) is 10.8 Å². The highest BCUT2D eigenvalue weighted by molar-refractivity contribution is 5.83. The van der Waals surface area contributed by atoms with E-state index >= 15 is 0 Å². The van der Waals surface area contributed by atoms with Gasteiger partial charge < -0.3 is 15.6 Å². The normalized spacial score (nSPS) is 13.5. The molecule has 128 valence electrons. The molecule has 0 aliphatic carbocycles. The van der Waals surface area contributed by atoms with Crippen LogP contribution in [0.3, 0.4) is 0 Å². The topological polar surface area (TPSA) is 72.6 Å². The number of carbonyl (C=O) groups is 1. The second-order valence-electron chi connectivity index (χ2n) is 6.00. The number of aliphatic carboxylic acids is 1. The molecule has 3 aromatic rings. The van der Waals surface area contributed by atoms with Crippen LogP contribution in [-0.2, 0) is 16.0 Å². The molecule has 1 unspecified atom stereocenters. The summed E-state index contributed by atoms with van der Waals surface area (Å²) in [4.78, 5) is 11.3. The number of fused-ring (bicyclic) bond motifs is 1. The fourth-order valence-corrected chi connectivity index (χ4v) is 2.88. The number of benzene rings is 3. The van der Waals surface area contributed by atoms with Crippen molar-refractivity contribution in [2.75, 3.05) is 6.61 Å². The second-order valence-corrected chi connectivity index (χ2v) is 6.00. The smallest absolute Gasteiger partial charge is 0.323 e. The first-order valence-electron chi connectivity index (χ1n) is 8.28. The molecule has 0 aliphatic rings. The van der Waals surface area contributed by atoms with Crippen LogP contribution in [0.2, 0.25) is 0 Å². The monoisotopic (exact) mass is 335 g/mol. The highest BCUT2D eigenvalue weighted by Crippen LogP contribution is 2.22. The summed E-state index contributed by atoms with van der Waals surface area (Å²) in [5.41, 5.74) is 7.74. The summed E-state index contributed by atoms with van der Waals surface area (Å²) in [5, 5.41) is 11.6. The second kappa shape index (κ2) is 7.92. The summed E-state index contributed by atoms with van der Waals surface area (Å²) in [5.74, 6) is -1.07. The maximum atomic E-state index is 11.3. The van der Waals surface area contributed by atoms with Crippen molar-refractivity contribution < 1.29 is 14.6 Å². The molecule has 0 heterocycles. The maximum Gasteiger partial charge on any atom is 0.323 e. The lowest BCUT2D eigenvalue weighted by Gasteiger charge is -2.22. The largest absolute Gasteiger partial charge is 0.480 e. The zero-order valence-corrected chi connectivity index (χ0v) is 13.8. The number of carboxylic acid groups (broad SMARTS) is 1. The van der Waals surface area contributed by atoms with Crippen LogP contribution < -0.4 is 5.73 Å². The first-order valence-corrected chi connectivity index (χ1v) is 8.28. The molecule has 0 radical (unpaired) electrons. The van der Waals surface area contributed by atoms with Crippen molar-refractivity contribution >= 4 is 16.7 Å². The van der Waals surface area contributed by atoms with Crippen LogP contribution >= 0.6 is 0 Å². The van der Waals surface area contributed by atoms with Crippen LogP contribution in [0, 0.1) is 0 Å². The molecule has 2 atom stereocenters. The Morgan fingerprint density at radius 2 is 1.64 bits per heavy atom. The number of nitrogens with two attached hydrogens (primary N) is 1. The molecule has 0 fully saturated rings. The first-order chi connectivity index (χ1) is 12.1. The molecule has 3 rings (SSSR count). The van der Waals surface area contributed by atoms with Crippen molar-refractivity contribution in [1.29, 1.82) is 0 Å². The zero-order chi connectivity index (χ0) is 17.6. The molecule has 0 bridgehead atoms. The Balaban J connectivity index is 1.69. The summed E-state index contributed by atoms with van der Waals surface area (Å²) in [6.45, 7) is 0.402. The molecule has 4 nitrogen and oxygen atoms in total. The number of carboxylic acids is 1. The number of hydrogen-bond acceptors (Lipinski definition) is 3. The van der Waals surface area contributed by atoms with Crippen LogP contribution in [0.4, 0.5) is 0 Å². The summed E-state index contributed by atoms with van der Waals surface area (Å²) in [6, 6.07) is 22.6. The Labute approximate surface area is 146 Å². The molecule has 25 heavy (non-hydrogen) atoms. The fourth-order valence-electron chi connectivity index (χ4n) is 2.88. The van der Waals surface area contributed by atoms with Crippen molar-refractivity contribution in [1.82, 2.24) is 0 Å². The van der Waals surface area contributed by atoms with Gasteiger partial charge in [0.1, 0.15) is 12.1 Å². The van der Waals surface area contributed by atoms with Gasteiger partial charge in [0.15, 0.2) is 0 Å². The van der Waals surface area contributed by atoms with Crippen LogP contribution in [-0.4, -0.2) is 23.7 Å². The standard InChI is InChI=1S/C21H21NO3/c22-19(21(23)24)20(17-7-2-1-3-8-17)25-13-12-15-10-11-16-6-4-5-9-18(16)14-15/h1-11,14,19-20H,12-13,22H2,(H,23,24)/t19-,20?/m0/s1. The average molecular weight is 335 g/mol. The van der Waals surface area contributed by atoms with Crippen molar-refractivity contribution in [3.8, 4) is 0 Å². The third-order valence-corrected chi connectivity index (χ3v) is 4.24. The lowest BCUT2D eigenvalue weighted by atomic mass is 10.0. The molecule has 0 aliphatic heterocycles. The third kappa shape index (κ3) is 4.24. The van der Waals surface area contributed by atoms with Crippen molar-refractivity contribution in [2.24, 2.45) is 5.73 Å². The SMILES string of the molecule is N[C@H](C(=O)O)C(OCCc1ccc2ccccc2c1)c1ccccc1. The van der Waals surface area contributed by atoms with E-state index in [1.807, 2.05) is 42.5 Å². The van der Waals surface area contributed by atoms with E-state index in [0.717, 1.165) is 11.1 Å². The van der Waals surface area contributed by atoms with Gasteiger partial charge in [-0.3, -0.25) is 4.79 Å². The molecule has 0 saturated heterocycles. The van der Waals surface area contributed by atoms with Gasteiger partial charge in [0.2, 0.25) is 0 Å². The first kappa shape index (κ1) is 17.1. The molecule has 0 aromatic heterocycles. The van der Waals surface area contributed by atoms with Crippen molar-refractivity contribution in [3.63, 3.8) is 0 Å². The summed E-state index contributed by atoms with van der Waals surface area (Å²) < 4.78 is 5.86. The van der Waals surface area contributed by atoms with Crippen molar-refractivity contribution in [2.45, 2.75) is 18.6 Å². The summed E-state index contributed by atoms with van der Waals surface area (Å²) >= 11 is 0. The Bertz CT molecular complexity index is 848. The fraction of sp³-hybridized carbons (Fsp3) is 0.190. The van der Waals surface area contributed by atoms with Gasteiger partial charge in [-0.2, -0.15) is 0 Å². The predicted octanol–water partition coefficient (Wildman–Crippen LogP) is 3.55. The highest BCUT2D eigenvalue weighted by Gasteiger charge is 2.26. The molecule has 3 N–H and O–H groups in total. The van der Waals surface area contributed by atoms with Gasteiger partial charge in [0.25, 0.3) is 0 Å². The predicted molar refractivity (Wildman–Crippen MR) is 98.4 cm³/mol. The maximum absolute atomic E-state index is 11.3. The number of hydrogen-bond donors (Lipinski definition) is 2. The van der Waals surface area contributed by atoms with Crippen LogP contribution in [0.25, 0.3) is 10.8 Å². The molecular formula is C21H21NO3. The van der Waals surface area contributed by atoms with E-state index in [0.29, 0.717) is 13.0 Å². The minimum Gasteiger partial charge on any atom is -0.480 e. The van der Waals surface area contributed by atoms with E-state index in [-0.39, 0.29) is 0 Å². The Hall–Kier alpha value is -2.69. The molecule has 4 heteroatoms. The van der Waals surface area contributed by atoms with Gasteiger partial charge in [-0.1, -0.05) is 72.8 Å². The lowest BCUT2D eigenvalue weighted by molar-refractivity contribution is -0.142. The minimum atomic E-state index is -1.10. The Morgan fingerprint density at radius 3 is 2.36 bits per heavy atom. The van der Waals surface area contributed by atoms with Crippen molar-refractivity contribution in [3.05, 3.63) is 83.9 Å². The van der Waals surface area contributed by atoms with Crippen LogP contribution in [0.1, 0.15) is 17.2 Å². The molecule has 0 saturated carbocycles. The van der Waals surface area contributed by atoms with E-state index < -0.39 is 18.1 Å². The van der Waals surface area contributed by atoms with Gasteiger partial charge in [-0.25, -0.2) is 0 Å². The Morgan fingerprint density at radius 1 is 0.960 bits per heavy atom. The third-order valence-electron chi connectivity index (χ3n) is 4.24. The van der Waals surface area contributed by atoms with Gasteiger partial charge in [0.05, 0.1) is 6.61 Å². The summed E-state index contributed by atoms with van der Waals surface area (Å²) in [6.07, 6.45) is 0.0275. The van der Waals surface area contributed by atoms with E-state index in [4.69, 9.17) is 10.5 Å². The average Bonchev–Trinajstić information content (AvgIpc) is 2.65.